The molecule has 0 aliphatic heterocycles. The van der Waals surface area contributed by atoms with E-state index in [1.807, 2.05) is 21.4 Å². The Balaban J connectivity index is 0.00000272. The average Bonchev–Trinajstić information content (AvgIpc) is 3.19. The zero-order chi connectivity index (χ0) is 39.2. The van der Waals surface area contributed by atoms with Crippen molar-refractivity contribution in [2.75, 3.05) is 0 Å². The topological polar surface area (TPSA) is 36.4 Å². The fourth-order valence-corrected chi connectivity index (χ4v) is 7.56. The van der Waals surface area contributed by atoms with Gasteiger partial charge in [-0.25, -0.2) is 0 Å². The molecule has 0 spiro atoms. The monoisotopic (exact) mass is 781 g/mol. The van der Waals surface area contributed by atoms with E-state index in [2.05, 4.69) is 105 Å². The first-order valence-electron chi connectivity index (χ1n) is 22.5. The maximum absolute atomic E-state index is 9.09. The molecule has 2 nitrogen and oxygen atoms in total. The fourth-order valence-electron chi connectivity index (χ4n) is 7.07. The minimum atomic E-state index is 0.809. The Hall–Kier alpha value is -2.43. The van der Waals surface area contributed by atoms with Crippen LogP contribution in [0.1, 0.15) is 211 Å². The average molecular weight is 782 g/mol. The molecule has 0 fully saturated rings. The van der Waals surface area contributed by atoms with Gasteiger partial charge >= 0.3 is 44.9 Å². The zero-order valence-corrected chi connectivity index (χ0v) is 36.8. The summed E-state index contributed by atoms with van der Waals surface area (Å²) in [7, 11) is 0. The van der Waals surface area contributed by atoms with Crippen LogP contribution in [0.5, 0.6) is 0 Å². The standard InChI is InChI=1S/C47H72N2.2C2H5.Ni/c1-4-6-8-9-10-11-12-13-14-15-16-17-18-19-20-21-22-23-24-25-26-27-28-29-35-44-36-30-31-38-46(44)47(39-42(3)41-49-48)45-37-32-34-43(40-45)33-7-5-2;2*1-2;/h26-27,30-32,34,36-40H,4-25,28-29,33,35H2,1-3H3;2*1H2,2H3;. The Bertz CT molecular complexity index is 1310. The molecule has 0 radical (unpaired) electrons. The van der Waals surface area contributed by atoms with Gasteiger partial charge in [0.2, 0.25) is 0 Å². The molecule has 0 aliphatic rings. The first-order valence-corrected chi connectivity index (χ1v) is 23.9. The van der Waals surface area contributed by atoms with E-state index in [9.17, 15) is 0 Å². The van der Waals surface area contributed by atoms with Crippen LogP contribution in [0.25, 0.3) is 11.1 Å². The molecule has 54 heavy (non-hydrogen) atoms. The van der Waals surface area contributed by atoms with Crippen LogP contribution in [-0.4, -0.2) is 10.7 Å². The number of nitrogens with zero attached hydrogens (tertiary/aromatic N) is 2. The summed E-state index contributed by atoms with van der Waals surface area (Å²) in [6, 6.07) is 17.7. The summed E-state index contributed by atoms with van der Waals surface area (Å²) >= 11 is 1.82. The molecule has 0 amide bonds. The third-order valence-corrected chi connectivity index (χ3v) is 11.2. The van der Waals surface area contributed by atoms with Crippen molar-refractivity contribution in [1.82, 2.24) is 0 Å². The van der Waals surface area contributed by atoms with E-state index in [1.54, 1.807) is 0 Å². The Kier molecular flexibility index (Phi) is 34.4. The van der Waals surface area contributed by atoms with Gasteiger partial charge in [-0.05, 0) is 85.8 Å². The predicted molar refractivity (Wildman–Crippen MR) is 237 cm³/mol. The molecule has 0 heterocycles. The van der Waals surface area contributed by atoms with Crippen molar-refractivity contribution in [3.05, 3.63) is 100 Å². The number of allylic oxidation sites excluding steroid dienone is 4. The second-order valence-corrected chi connectivity index (χ2v) is 16.9. The summed E-state index contributed by atoms with van der Waals surface area (Å²) < 4.78 is 0. The number of aryl methyl sites for hydroxylation is 2. The maximum atomic E-state index is 9.09. The third kappa shape index (κ3) is 27.2. The van der Waals surface area contributed by atoms with Crippen LogP contribution < -0.4 is 0 Å². The van der Waals surface area contributed by atoms with Gasteiger partial charge in [0.15, 0.2) is 0 Å². The van der Waals surface area contributed by atoms with Gasteiger partial charge in [-0.2, -0.15) is 0 Å². The quantitative estimate of drug-likeness (QED) is 0.0135. The Morgan fingerprint density at radius 1 is 0.593 bits per heavy atom. The predicted octanol–water partition coefficient (Wildman–Crippen LogP) is 17.0. The van der Waals surface area contributed by atoms with Gasteiger partial charge < -0.3 is 5.53 Å². The Labute approximate surface area is 341 Å². The van der Waals surface area contributed by atoms with E-state index in [1.165, 1.54) is 180 Å². The molecule has 0 N–H and O–H groups in total. The van der Waals surface area contributed by atoms with E-state index in [0.717, 1.165) is 31.3 Å². The van der Waals surface area contributed by atoms with Crippen molar-refractivity contribution in [3.8, 4) is 0 Å². The molecule has 0 aliphatic carbocycles. The zero-order valence-electron chi connectivity index (χ0n) is 35.9. The molecule has 2 rings (SSSR count). The van der Waals surface area contributed by atoms with Crippen molar-refractivity contribution in [2.45, 2.75) is 212 Å². The molecule has 2 aromatic carbocycles. The van der Waals surface area contributed by atoms with Gasteiger partial charge in [0.25, 0.3) is 0 Å². The van der Waals surface area contributed by atoms with Crippen molar-refractivity contribution < 1.29 is 19.2 Å². The molecule has 0 bridgehead atoms. The molecule has 306 valence electrons. The van der Waals surface area contributed by atoms with Crippen LogP contribution in [0.3, 0.4) is 0 Å². The second-order valence-electron chi connectivity index (χ2n) is 15.0. The van der Waals surface area contributed by atoms with Crippen molar-refractivity contribution in [3.63, 3.8) is 0 Å². The Morgan fingerprint density at radius 3 is 1.63 bits per heavy atom. The number of rotatable bonds is 32. The molecule has 3 heteroatoms. The van der Waals surface area contributed by atoms with Crippen LogP contribution in [0.2, 0.25) is 10.8 Å². The van der Waals surface area contributed by atoms with Crippen molar-refractivity contribution >= 4 is 11.4 Å². The molecular formula is C51H82N2Ni. The number of hydrogen-bond acceptors (Lipinski definition) is 0. The van der Waals surface area contributed by atoms with Gasteiger partial charge in [-0.15, -0.1) is 4.79 Å². The number of hydrogen-bond donors (Lipinski definition) is 0. The normalized spacial score (nSPS) is 11.4. The Morgan fingerprint density at radius 2 is 1.11 bits per heavy atom. The summed E-state index contributed by atoms with van der Waals surface area (Å²) in [5, 5.41) is 2.56. The van der Waals surface area contributed by atoms with E-state index < -0.39 is 0 Å². The van der Waals surface area contributed by atoms with Gasteiger partial charge in [0.05, 0.1) is 5.57 Å². The molecule has 0 unspecified atom stereocenters. The van der Waals surface area contributed by atoms with Gasteiger partial charge in [-0.3, -0.25) is 0 Å². The SMILES string of the molecule is CCCCCCCCCCCCCCCCCCCCCC=CCCCc1ccccc1C(=CC(C)=C=[N+]=[N-])c1cccc(CCCC)c1.C[CH2][Ni][CH2]C. The van der Waals surface area contributed by atoms with Gasteiger partial charge in [0, 0.05) is 0 Å². The van der Waals surface area contributed by atoms with E-state index >= 15 is 0 Å². The van der Waals surface area contributed by atoms with Crippen LogP contribution in [0.15, 0.2) is 72.3 Å². The summed E-state index contributed by atoms with van der Waals surface area (Å²) in [5.74, 6) is 2.71. The van der Waals surface area contributed by atoms with Crippen LogP contribution in [0.4, 0.5) is 0 Å². The molecule has 2 aromatic rings. The summed E-state index contributed by atoms with van der Waals surface area (Å²) in [6.07, 6.45) is 42.2. The molecule has 0 saturated heterocycles. The molecule has 0 saturated carbocycles. The summed E-state index contributed by atoms with van der Waals surface area (Å²) in [4.78, 5) is 3.16. The third-order valence-electron chi connectivity index (χ3n) is 10.2. The van der Waals surface area contributed by atoms with E-state index in [0.29, 0.717) is 0 Å². The van der Waals surface area contributed by atoms with Gasteiger partial charge in [-0.1, -0.05) is 197 Å². The minimum absolute atomic E-state index is 0.809. The first kappa shape index (κ1) is 49.6. The van der Waals surface area contributed by atoms with Crippen LogP contribution in [-0.2, 0) is 27.3 Å². The first-order chi connectivity index (χ1) is 26.6. The molecule has 0 aromatic heterocycles. The number of benzene rings is 2. The van der Waals surface area contributed by atoms with Crippen molar-refractivity contribution in [2.24, 2.45) is 0 Å². The molecule has 0 atom stereocenters. The van der Waals surface area contributed by atoms with Crippen LogP contribution >= 0.6 is 0 Å². The fraction of sp³-hybridized carbons (Fsp3) is 0.647. The summed E-state index contributed by atoms with van der Waals surface area (Å²) in [5.41, 5.74) is 16.3. The number of unbranched alkanes of at least 4 members (excludes halogenated alkanes) is 21. The molecular weight excluding hydrogens is 699 g/mol. The van der Waals surface area contributed by atoms with E-state index in [4.69, 9.17) is 5.53 Å². The van der Waals surface area contributed by atoms with Gasteiger partial charge in [0.1, 0.15) is 0 Å². The summed E-state index contributed by atoms with van der Waals surface area (Å²) in [6.45, 7) is 10.8. The van der Waals surface area contributed by atoms with E-state index in [-0.39, 0.29) is 0 Å². The second kappa shape index (κ2) is 37.5. The van der Waals surface area contributed by atoms with Crippen LogP contribution in [0, 0.1) is 0 Å². The van der Waals surface area contributed by atoms with Crippen molar-refractivity contribution in [1.29, 1.82) is 0 Å².